The molecular formula is C17H21Cl2NO4. The Morgan fingerprint density at radius 1 is 1.29 bits per heavy atom. The number of fused-ring (bicyclic) bond motifs is 1. The van der Waals surface area contributed by atoms with Crippen molar-refractivity contribution in [3.63, 3.8) is 0 Å². The van der Waals surface area contributed by atoms with E-state index in [1.807, 2.05) is 18.2 Å². The molecule has 0 amide bonds. The van der Waals surface area contributed by atoms with Crippen LogP contribution in [0.4, 0.5) is 0 Å². The van der Waals surface area contributed by atoms with Crippen molar-refractivity contribution in [2.75, 3.05) is 33.9 Å². The van der Waals surface area contributed by atoms with Gasteiger partial charge < -0.3 is 14.6 Å². The highest BCUT2D eigenvalue weighted by atomic mass is 35.5. The molecule has 132 valence electrons. The number of carbonyl (C=O) groups excluding carboxylic acids is 1. The van der Waals surface area contributed by atoms with E-state index >= 15 is 0 Å². The summed E-state index contributed by atoms with van der Waals surface area (Å²) in [6, 6.07) is 6.02. The lowest BCUT2D eigenvalue weighted by Crippen LogP contribution is -2.36. The number of esters is 1. The smallest absolute Gasteiger partial charge is 0.338 e. The summed E-state index contributed by atoms with van der Waals surface area (Å²) in [4.78, 5) is 13.8. The summed E-state index contributed by atoms with van der Waals surface area (Å²) in [5.41, 5.74) is 3.98. The number of hydrogen-bond donors (Lipinski definition) is 1. The lowest BCUT2D eigenvalue weighted by Gasteiger charge is -2.31. The maximum atomic E-state index is 11.7. The summed E-state index contributed by atoms with van der Waals surface area (Å²) >= 11 is 0. The minimum atomic E-state index is -0.452. The van der Waals surface area contributed by atoms with Gasteiger partial charge in [0.15, 0.2) is 0 Å². The number of ether oxygens (including phenoxy) is 2. The standard InChI is InChI=1S/C17H19NO4.2ClH/c1-21-13-4-3-11-7-12(14(11)8-13)9-18-6-5-16(19)15(10-18)17(20)22-2;;/h3-4,7-8,19H,5-6,9-10H2,1-2H3;2*1H. The largest absolute Gasteiger partial charge is 0.512 e. The first-order chi connectivity index (χ1) is 10.6. The van der Waals surface area contributed by atoms with Crippen molar-refractivity contribution >= 4 is 42.4 Å². The van der Waals surface area contributed by atoms with E-state index in [0.29, 0.717) is 18.5 Å². The van der Waals surface area contributed by atoms with E-state index in [4.69, 9.17) is 9.47 Å². The third-order valence-electron chi connectivity index (χ3n) is 4.16. The summed E-state index contributed by atoms with van der Waals surface area (Å²) in [5, 5.41) is 9.84. The van der Waals surface area contributed by atoms with Crippen molar-refractivity contribution in [3.8, 4) is 5.75 Å². The number of aliphatic hydroxyl groups is 1. The molecule has 5 nitrogen and oxygen atoms in total. The van der Waals surface area contributed by atoms with E-state index in [9.17, 15) is 9.90 Å². The average Bonchev–Trinajstić information content (AvgIpc) is 2.53. The number of aliphatic hydroxyl groups excluding tert-OH is 1. The van der Waals surface area contributed by atoms with Crippen molar-refractivity contribution in [1.82, 2.24) is 4.90 Å². The van der Waals surface area contributed by atoms with E-state index < -0.39 is 5.97 Å². The molecule has 0 radical (unpaired) electrons. The van der Waals surface area contributed by atoms with Crippen molar-refractivity contribution in [2.24, 2.45) is 0 Å². The van der Waals surface area contributed by atoms with Crippen molar-refractivity contribution in [3.05, 3.63) is 40.7 Å². The monoisotopic (exact) mass is 373 g/mol. The molecule has 1 aromatic carbocycles. The Morgan fingerprint density at radius 2 is 2.04 bits per heavy atom. The van der Waals surface area contributed by atoms with E-state index in [-0.39, 0.29) is 30.6 Å². The second-order valence-electron chi connectivity index (χ2n) is 5.50. The Labute approximate surface area is 153 Å². The Bertz CT molecular complexity index is 685. The van der Waals surface area contributed by atoms with Gasteiger partial charge in [0.1, 0.15) is 11.5 Å². The molecule has 0 spiro atoms. The number of carbonyl (C=O) groups is 1. The molecule has 1 aromatic rings. The van der Waals surface area contributed by atoms with Crippen LogP contribution < -0.4 is 4.74 Å². The first-order valence-electron chi connectivity index (χ1n) is 7.23. The molecular weight excluding hydrogens is 353 g/mol. The molecule has 1 N–H and O–H groups in total. The Hall–Kier alpha value is -1.69. The van der Waals surface area contributed by atoms with Gasteiger partial charge in [-0.1, -0.05) is 6.07 Å². The van der Waals surface area contributed by atoms with Gasteiger partial charge in [-0.05, 0) is 34.9 Å². The number of nitrogens with zero attached hydrogens (tertiary/aromatic N) is 1. The molecule has 0 saturated heterocycles. The van der Waals surface area contributed by atoms with Crippen LogP contribution in [0, 0.1) is 0 Å². The zero-order chi connectivity index (χ0) is 15.7. The van der Waals surface area contributed by atoms with Gasteiger partial charge in [0.2, 0.25) is 0 Å². The molecule has 3 rings (SSSR count). The fraction of sp³-hybridized carbons (Fsp3) is 0.353. The lowest BCUT2D eigenvalue weighted by molar-refractivity contribution is -0.136. The fourth-order valence-electron chi connectivity index (χ4n) is 2.88. The Kier molecular flexibility index (Phi) is 7.14. The molecule has 7 heteroatoms. The molecule has 2 aliphatic rings. The molecule has 1 aliphatic carbocycles. The van der Waals surface area contributed by atoms with Gasteiger partial charge in [0.25, 0.3) is 0 Å². The molecule has 24 heavy (non-hydrogen) atoms. The van der Waals surface area contributed by atoms with E-state index in [1.54, 1.807) is 7.11 Å². The third kappa shape index (κ3) is 3.86. The lowest BCUT2D eigenvalue weighted by atomic mass is 9.87. The zero-order valence-electron chi connectivity index (χ0n) is 13.6. The van der Waals surface area contributed by atoms with Crippen LogP contribution in [0.25, 0.3) is 11.6 Å². The Morgan fingerprint density at radius 3 is 2.71 bits per heavy atom. The second-order valence-corrected chi connectivity index (χ2v) is 5.50. The zero-order valence-corrected chi connectivity index (χ0v) is 15.2. The average molecular weight is 374 g/mol. The first-order valence-corrected chi connectivity index (χ1v) is 7.23. The van der Waals surface area contributed by atoms with E-state index in [0.717, 1.165) is 18.8 Å². The summed E-state index contributed by atoms with van der Waals surface area (Å²) in [6.45, 7) is 1.88. The highest BCUT2D eigenvalue weighted by Crippen LogP contribution is 2.36. The molecule has 1 heterocycles. The van der Waals surface area contributed by atoms with Crippen LogP contribution in [-0.4, -0.2) is 49.8 Å². The number of rotatable bonds is 4. The number of benzene rings is 1. The minimum absolute atomic E-state index is 0. The van der Waals surface area contributed by atoms with Crippen molar-refractivity contribution < 1.29 is 19.4 Å². The number of methoxy groups -OCH3 is 2. The minimum Gasteiger partial charge on any atom is -0.512 e. The van der Waals surface area contributed by atoms with Crippen LogP contribution in [0.2, 0.25) is 0 Å². The number of hydrogen-bond acceptors (Lipinski definition) is 5. The molecule has 0 unspecified atom stereocenters. The molecule has 1 aliphatic heterocycles. The summed E-state index contributed by atoms with van der Waals surface area (Å²) < 4.78 is 9.98. The highest BCUT2D eigenvalue weighted by molar-refractivity contribution is 5.97. The molecule has 0 fully saturated rings. The topological polar surface area (TPSA) is 59.0 Å². The van der Waals surface area contributed by atoms with Crippen molar-refractivity contribution in [2.45, 2.75) is 6.42 Å². The van der Waals surface area contributed by atoms with Gasteiger partial charge in [0.05, 0.1) is 19.8 Å². The third-order valence-corrected chi connectivity index (χ3v) is 4.16. The highest BCUT2D eigenvalue weighted by Gasteiger charge is 2.27. The van der Waals surface area contributed by atoms with E-state index in [2.05, 4.69) is 11.0 Å². The maximum Gasteiger partial charge on any atom is 0.338 e. The molecule has 0 aromatic heterocycles. The number of halogens is 2. The van der Waals surface area contributed by atoms with Gasteiger partial charge in [-0.2, -0.15) is 0 Å². The van der Waals surface area contributed by atoms with E-state index in [1.165, 1.54) is 23.8 Å². The van der Waals surface area contributed by atoms with Gasteiger partial charge in [-0.3, -0.25) is 4.90 Å². The summed E-state index contributed by atoms with van der Waals surface area (Å²) in [5.74, 6) is 0.537. The molecule has 0 bridgehead atoms. The van der Waals surface area contributed by atoms with Crippen molar-refractivity contribution in [1.29, 1.82) is 0 Å². The Balaban J connectivity index is 0.00000144. The first kappa shape index (κ1) is 20.4. The van der Waals surface area contributed by atoms with Gasteiger partial charge >= 0.3 is 5.97 Å². The fourth-order valence-corrected chi connectivity index (χ4v) is 2.88. The van der Waals surface area contributed by atoms with Gasteiger partial charge in [-0.15, -0.1) is 24.8 Å². The quantitative estimate of drug-likeness (QED) is 0.821. The van der Waals surface area contributed by atoms with Crippen LogP contribution >= 0.6 is 24.8 Å². The normalized spacial score (nSPS) is 16.0. The van der Waals surface area contributed by atoms with Crippen LogP contribution in [0.5, 0.6) is 5.75 Å². The SMILES string of the molecule is COC(=O)C1=C(O)CCN(CC2=Cc3ccc(OC)cc32)C1.Cl.Cl. The predicted molar refractivity (Wildman–Crippen MR) is 98.1 cm³/mol. The van der Waals surface area contributed by atoms with Crippen LogP contribution in [0.15, 0.2) is 29.5 Å². The van der Waals surface area contributed by atoms with Gasteiger partial charge in [-0.25, -0.2) is 4.79 Å². The van der Waals surface area contributed by atoms with Gasteiger partial charge in [0, 0.05) is 26.1 Å². The predicted octanol–water partition coefficient (Wildman–Crippen LogP) is 3.08. The second kappa shape index (κ2) is 8.42. The van der Waals surface area contributed by atoms with Crippen LogP contribution in [0.1, 0.15) is 17.5 Å². The maximum absolute atomic E-state index is 11.7. The molecule has 0 saturated carbocycles. The summed E-state index contributed by atoms with van der Waals surface area (Å²) in [6.07, 6.45) is 2.62. The van der Waals surface area contributed by atoms with Crippen LogP contribution in [0.3, 0.4) is 0 Å². The summed E-state index contributed by atoms with van der Waals surface area (Å²) in [7, 11) is 2.99. The van der Waals surface area contributed by atoms with Crippen LogP contribution in [-0.2, 0) is 9.53 Å². The molecule has 0 atom stereocenters.